The van der Waals surface area contributed by atoms with Gasteiger partial charge in [0.1, 0.15) is 0 Å². The molecule has 0 saturated heterocycles. The van der Waals surface area contributed by atoms with Gasteiger partial charge in [0.2, 0.25) is 0 Å². The van der Waals surface area contributed by atoms with Crippen LogP contribution in [0.4, 0.5) is 0 Å². The van der Waals surface area contributed by atoms with Crippen LogP contribution < -0.4 is 9.96 Å². The highest BCUT2D eigenvalue weighted by molar-refractivity contribution is 6.28. The van der Waals surface area contributed by atoms with E-state index in [1.54, 1.807) is 0 Å². The average Bonchev–Trinajstić information content (AvgIpc) is 2.04. The van der Waals surface area contributed by atoms with Crippen molar-refractivity contribution in [3.63, 3.8) is 0 Å². The number of rotatable bonds is 6. The normalized spacial score (nSPS) is 17.5. The maximum absolute atomic E-state index is 3.53. The van der Waals surface area contributed by atoms with Gasteiger partial charge in [-0.1, -0.05) is 27.7 Å². The number of hydrogen-bond donors (Lipinski definition) is 2. The Balaban J connectivity index is 3.13. The van der Waals surface area contributed by atoms with Crippen molar-refractivity contribution < 1.29 is 0 Å². The second-order valence-electron chi connectivity index (χ2n) is 3.20. The lowest BCUT2D eigenvalue weighted by molar-refractivity contribution is 0.614. The topological polar surface area (TPSA) is 24.1 Å². The standard InChI is InChI=1S/C8H22N2Si/c1-5-7(3)9-11-10-8(4)6-2/h7-10H,5-6,11H2,1-4H3. The van der Waals surface area contributed by atoms with Gasteiger partial charge in [-0.05, 0) is 24.9 Å². The molecule has 0 aromatic rings. The van der Waals surface area contributed by atoms with E-state index in [2.05, 4.69) is 37.7 Å². The summed E-state index contributed by atoms with van der Waals surface area (Å²) in [5.41, 5.74) is 0. The van der Waals surface area contributed by atoms with Crippen molar-refractivity contribution in [2.45, 2.75) is 52.6 Å². The van der Waals surface area contributed by atoms with E-state index in [0.29, 0.717) is 12.1 Å². The molecule has 68 valence electrons. The molecule has 2 nitrogen and oxygen atoms in total. The smallest absolute Gasteiger partial charge is 0.168 e. The lowest BCUT2D eigenvalue weighted by Crippen LogP contribution is -2.42. The molecular weight excluding hydrogens is 152 g/mol. The minimum atomic E-state index is -0.206. The summed E-state index contributed by atoms with van der Waals surface area (Å²) in [6, 6.07) is 1.39. The molecule has 0 aromatic carbocycles. The summed E-state index contributed by atoms with van der Waals surface area (Å²) in [4.78, 5) is 7.05. The highest BCUT2D eigenvalue weighted by Crippen LogP contribution is 1.87. The molecule has 2 unspecified atom stereocenters. The van der Waals surface area contributed by atoms with Crippen LogP contribution in [0.25, 0.3) is 0 Å². The summed E-state index contributed by atoms with van der Waals surface area (Å²) < 4.78 is 0. The van der Waals surface area contributed by atoms with E-state index < -0.39 is 0 Å². The summed E-state index contributed by atoms with van der Waals surface area (Å²) in [7, 11) is -0.206. The van der Waals surface area contributed by atoms with E-state index in [0.717, 1.165) is 0 Å². The molecule has 0 amide bonds. The fourth-order valence-corrected chi connectivity index (χ4v) is 2.09. The van der Waals surface area contributed by atoms with Crippen molar-refractivity contribution in [1.82, 2.24) is 9.96 Å². The highest BCUT2D eigenvalue weighted by atomic mass is 28.2. The average molecular weight is 174 g/mol. The van der Waals surface area contributed by atoms with Crippen LogP contribution in [0, 0.1) is 0 Å². The maximum Gasteiger partial charge on any atom is 0.168 e. The first-order chi connectivity index (χ1) is 5.20. The first kappa shape index (κ1) is 11.1. The minimum Gasteiger partial charge on any atom is -0.328 e. The van der Waals surface area contributed by atoms with E-state index in [1.807, 2.05) is 0 Å². The zero-order valence-corrected chi connectivity index (χ0v) is 9.69. The van der Waals surface area contributed by atoms with E-state index in [4.69, 9.17) is 0 Å². The van der Waals surface area contributed by atoms with Crippen LogP contribution in [0.15, 0.2) is 0 Å². The Labute approximate surface area is 73.1 Å². The molecule has 0 fully saturated rings. The van der Waals surface area contributed by atoms with Crippen molar-refractivity contribution in [2.24, 2.45) is 0 Å². The molecule has 2 N–H and O–H groups in total. The first-order valence-electron chi connectivity index (χ1n) is 4.67. The van der Waals surface area contributed by atoms with Crippen LogP contribution in [0.5, 0.6) is 0 Å². The fourth-order valence-electron chi connectivity index (χ4n) is 0.696. The zero-order valence-electron chi connectivity index (χ0n) is 8.28. The Bertz CT molecular complexity index is 78.2. The lowest BCUT2D eigenvalue weighted by atomic mass is 10.3. The van der Waals surface area contributed by atoms with Gasteiger partial charge in [0.25, 0.3) is 0 Å². The molecule has 0 heterocycles. The highest BCUT2D eigenvalue weighted by Gasteiger charge is 1.98. The predicted molar refractivity (Wildman–Crippen MR) is 54.3 cm³/mol. The monoisotopic (exact) mass is 174 g/mol. The molecule has 0 saturated carbocycles. The van der Waals surface area contributed by atoms with Crippen molar-refractivity contribution in [3.05, 3.63) is 0 Å². The van der Waals surface area contributed by atoms with Crippen LogP contribution in [0.1, 0.15) is 40.5 Å². The summed E-state index contributed by atoms with van der Waals surface area (Å²) in [5, 5.41) is 0. The van der Waals surface area contributed by atoms with Gasteiger partial charge >= 0.3 is 0 Å². The summed E-state index contributed by atoms with van der Waals surface area (Å²) >= 11 is 0. The van der Waals surface area contributed by atoms with Gasteiger partial charge in [0.15, 0.2) is 9.84 Å². The zero-order chi connectivity index (χ0) is 8.69. The van der Waals surface area contributed by atoms with E-state index in [1.165, 1.54) is 12.8 Å². The molecular formula is C8H22N2Si. The van der Waals surface area contributed by atoms with Gasteiger partial charge in [0.05, 0.1) is 0 Å². The largest absolute Gasteiger partial charge is 0.328 e. The summed E-state index contributed by atoms with van der Waals surface area (Å²) in [6.45, 7) is 8.92. The van der Waals surface area contributed by atoms with Gasteiger partial charge in [-0.25, -0.2) is 0 Å². The molecule has 0 bridgehead atoms. The van der Waals surface area contributed by atoms with E-state index in [9.17, 15) is 0 Å². The van der Waals surface area contributed by atoms with E-state index in [-0.39, 0.29) is 9.84 Å². The Morgan fingerprint density at radius 3 is 1.64 bits per heavy atom. The van der Waals surface area contributed by atoms with Crippen molar-refractivity contribution in [3.8, 4) is 0 Å². The van der Waals surface area contributed by atoms with Gasteiger partial charge in [-0.2, -0.15) is 0 Å². The molecule has 0 rings (SSSR count). The third-order valence-electron chi connectivity index (χ3n) is 2.13. The molecule has 3 heteroatoms. The van der Waals surface area contributed by atoms with Crippen LogP contribution in [-0.2, 0) is 0 Å². The predicted octanol–water partition coefficient (Wildman–Crippen LogP) is 0.761. The van der Waals surface area contributed by atoms with Crippen molar-refractivity contribution >= 4 is 9.84 Å². The molecule has 0 radical (unpaired) electrons. The molecule has 2 atom stereocenters. The fraction of sp³-hybridized carbons (Fsp3) is 1.00. The molecule has 0 spiro atoms. The second-order valence-corrected chi connectivity index (χ2v) is 4.37. The maximum atomic E-state index is 3.53. The third-order valence-corrected chi connectivity index (χ3v) is 3.93. The number of nitrogens with one attached hydrogen (secondary N) is 2. The number of hydrogen-bond acceptors (Lipinski definition) is 2. The second kappa shape index (κ2) is 6.82. The van der Waals surface area contributed by atoms with Gasteiger partial charge < -0.3 is 9.96 Å². The quantitative estimate of drug-likeness (QED) is 0.581. The van der Waals surface area contributed by atoms with Crippen molar-refractivity contribution in [2.75, 3.05) is 0 Å². The Hall–Kier alpha value is 0.137. The third kappa shape index (κ3) is 6.53. The Kier molecular flexibility index (Phi) is 6.91. The van der Waals surface area contributed by atoms with E-state index >= 15 is 0 Å². The van der Waals surface area contributed by atoms with Crippen molar-refractivity contribution in [1.29, 1.82) is 0 Å². The van der Waals surface area contributed by atoms with Gasteiger partial charge in [0, 0.05) is 0 Å². The van der Waals surface area contributed by atoms with Crippen LogP contribution in [0.3, 0.4) is 0 Å². The summed E-state index contributed by atoms with van der Waals surface area (Å²) in [5.74, 6) is 0. The first-order valence-corrected chi connectivity index (χ1v) is 6.08. The molecule has 0 aliphatic heterocycles. The Morgan fingerprint density at radius 1 is 1.00 bits per heavy atom. The lowest BCUT2D eigenvalue weighted by Gasteiger charge is -2.14. The molecule has 0 aromatic heterocycles. The molecule has 0 aliphatic carbocycles. The molecule has 11 heavy (non-hydrogen) atoms. The SMILES string of the molecule is CCC(C)N[SiH2]NC(C)CC. The van der Waals surface area contributed by atoms with Crippen LogP contribution >= 0.6 is 0 Å². The molecule has 0 aliphatic rings. The Morgan fingerprint density at radius 2 is 1.36 bits per heavy atom. The van der Waals surface area contributed by atoms with Crippen LogP contribution in [0.2, 0.25) is 0 Å². The van der Waals surface area contributed by atoms with Crippen LogP contribution in [-0.4, -0.2) is 21.9 Å². The van der Waals surface area contributed by atoms with Gasteiger partial charge in [-0.3, -0.25) is 0 Å². The summed E-state index contributed by atoms with van der Waals surface area (Å²) in [6.07, 6.45) is 2.46. The van der Waals surface area contributed by atoms with Gasteiger partial charge in [-0.15, -0.1) is 0 Å². The minimum absolute atomic E-state index is 0.206.